The lowest BCUT2D eigenvalue weighted by molar-refractivity contribution is -0.150. The zero-order chi connectivity index (χ0) is 80.5. The maximum absolute atomic E-state index is 16.0. The molecule has 2 aliphatic heterocycles. The third kappa shape index (κ3) is 29.2. The molecule has 26 nitrogen and oxygen atoms in total. The van der Waals surface area contributed by atoms with Crippen molar-refractivity contribution in [3.8, 4) is 11.8 Å². The van der Waals surface area contributed by atoms with Crippen molar-refractivity contribution in [2.75, 3.05) is 89.8 Å². The van der Waals surface area contributed by atoms with Gasteiger partial charge in [-0.25, -0.2) is 9.37 Å². The average molecular weight is 1550 g/mol. The zero-order valence-electron chi connectivity index (χ0n) is 66.2. The number of halogens is 1. The first kappa shape index (κ1) is 90.2. The molecule has 0 unspecified atom stereocenters. The van der Waals surface area contributed by atoms with E-state index in [0.29, 0.717) is 68.4 Å². The number of aromatic nitrogens is 1. The minimum absolute atomic E-state index is 0.0242. The number of aliphatic carboxylic acids is 1. The molecule has 28 heteroatoms. The summed E-state index contributed by atoms with van der Waals surface area (Å²) in [5.74, 6) is -0.338. The summed E-state index contributed by atoms with van der Waals surface area (Å²) < 4.78 is 44.3. The number of rotatable bonds is 47. The number of nitrogens with zero attached hydrogens (tertiary/aromatic N) is 4. The minimum atomic E-state index is -1.37. The van der Waals surface area contributed by atoms with E-state index in [-0.39, 0.29) is 131 Å². The van der Waals surface area contributed by atoms with Crippen molar-refractivity contribution in [2.24, 2.45) is 23.2 Å². The number of ether oxygens (including phenoxy) is 5. The van der Waals surface area contributed by atoms with E-state index in [0.717, 1.165) is 72.7 Å². The van der Waals surface area contributed by atoms with E-state index in [4.69, 9.17) is 23.7 Å². The summed E-state index contributed by atoms with van der Waals surface area (Å²) in [4.78, 5) is 145. The lowest BCUT2D eigenvalue weighted by Crippen LogP contribution is -2.59. The van der Waals surface area contributed by atoms with Crippen molar-refractivity contribution < 1.29 is 81.1 Å². The van der Waals surface area contributed by atoms with Gasteiger partial charge in [0, 0.05) is 74.3 Å². The van der Waals surface area contributed by atoms with Crippen LogP contribution < -0.4 is 36.8 Å². The smallest absolute Gasteiger partial charge is 0.309 e. The third-order valence-electron chi connectivity index (χ3n) is 19.7. The Kier molecular flexibility index (Phi) is 37.9. The number of nitrogens with one attached hydrogen (secondary N) is 6. The molecular formula is C82H117FN10O16S. The number of unbranched alkanes of at least 4 members (excludes halogenated alkanes) is 3. The van der Waals surface area contributed by atoms with Crippen LogP contribution in [0.1, 0.15) is 203 Å². The first-order valence-corrected chi connectivity index (χ1v) is 39.6. The molecule has 7 N–H and O–H groups in total. The van der Waals surface area contributed by atoms with E-state index in [1.807, 2.05) is 93.1 Å². The summed E-state index contributed by atoms with van der Waals surface area (Å²) in [6.07, 6.45) is 5.75. The van der Waals surface area contributed by atoms with E-state index in [1.54, 1.807) is 18.7 Å². The fourth-order valence-corrected chi connectivity index (χ4v) is 13.9. The second kappa shape index (κ2) is 46.2. The van der Waals surface area contributed by atoms with E-state index in [2.05, 4.69) is 55.6 Å². The predicted octanol–water partition coefficient (Wildman–Crippen LogP) is 9.45. The Morgan fingerprint density at radius 1 is 0.736 bits per heavy atom. The lowest BCUT2D eigenvalue weighted by atomic mass is 9.84. The highest BCUT2D eigenvalue weighted by atomic mass is 32.1. The number of hydrogen-bond donors (Lipinski definition) is 7. The number of para-hydroxylation sites is 1. The number of likely N-dealkylation sites (N-methyl/N-ethyl adjacent to an activating group) is 1. The molecule has 3 aromatic carbocycles. The molecule has 0 spiro atoms. The predicted molar refractivity (Wildman–Crippen MR) is 418 cm³/mol. The fourth-order valence-electron chi connectivity index (χ4n) is 13.0. The number of piperidine rings is 1. The number of likely N-dealkylation sites (tertiary alicyclic amines) is 1. The van der Waals surface area contributed by atoms with E-state index < -0.39 is 89.0 Å². The SMILES string of the molecule is CCCCCCN(C(=O)[C@@H](NC(=O)[C@H]1CCCCN1C)[C@@H](C)CC)[C@H](C[C@@H](OC(C)=O)c1nc(C(=O)N[C@@H](Cc2ccc(NC(=O)[C@H](C)NC(=O)[C@@H](NC(=O)CCOCCOCCOCCOCCNC(=O)CCC(=O)N3Cc4ccccc4C#Cc4ccccc43)C(C)C)c(F)c2)CC(C)(C)C(=O)O)cs1)C(C)C. The van der Waals surface area contributed by atoms with Crippen LogP contribution in [0.2, 0.25) is 0 Å². The van der Waals surface area contributed by atoms with Crippen molar-refractivity contribution in [3.05, 3.63) is 111 Å². The molecule has 0 bridgehead atoms. The van der Waals surface area contributed by atoms with Gasteiger partial charge in [-0.2, -0.15) is 0 Å². The summed E-state index contributed by atoms with van der Waals surface area (Å²) in [6.45, 7) is 22.9. The largest absolute Gasteiger partial charge is 0.481 e. The molecule has 0 radical (unpaired) electrons. The number of carboxylic acids is 1. The second-order valence-corrected chi connectivity index (χ2v) is 30.6. The fraction of sp³-hybridized carbons (Fsp3) is 0.598. The number of esters is 1. The average Bonchev–Trinajstić information content (AvgIpc) is 1.07. The normalized spacial score (nSPS) is 15.5. The van der Waals surface area contributed by atoms with Gasteiger partial charge in [0.25, 0.3) is 5.91 Å². The van der Waals surface area contributed by atoms with Crippen molar-refractivity contribution in [1.29, 1.82) is 0 Å². The van der Waals surface area contributed by atoms with Crippen molar-refractivity contribution in [3.63, 3.8) is 0 Å². The van der Waals surface area contributed by atoms with Gasteiger partial charge in [-0.3, -0.25) is 52.8 Å². The highest BCUT2D eigenvalue weighted by molar-refractivity contribution is 7.09. The van der Waals surface area contributed by atoms with Gasteiger partial charge in [0.15, 0.2) is 6.10 Å². The molecule has 8 amide bonds. The first-order valence-electron chi connectivity index (χ1n) is 38.8. The first-order chi connectivity index (χ1) is 52.5. The molecule has 6 rings (SSSR count). The Morgan fingerprint density at radius 3 is 2.05 bits per heavy atom. The number of hydrogen-bond acceptors (Lipinski definition) is 18. The maximum atomic E-state index is 16.0. The van der Waals surface area contributed by atoms with Gasteiger partial charge < -0.3 is 70.5 Å². The van der Waals surface area contributed by atoms with Crippen molar-refractivity contribution in [1.82, 2.24) is 41.4 Å². The monoisotopic (exact) mass is 1550 g/mol. The van der Waals surface area contributed by atoms with Gasteiger partial charge in [0.05, 0.1) is 82.2 Å². The van der Waals surface area contributed by atoms with Crippen LogP contribution in [0.3, 0.4) is 0 Å². The van der Waals surface area contributed by atoms with Crippen LogP contribution in [0.25, 0.3) is 0 Å². The Morgan fingerprint density at radius 2 is 1.40 bits per heavy atom. The number of benzene rings is 3. The third-order valence-corrected chi connectivity index (χ3v) is 20.6. The van der Waals surface area contributed by atoms with E-state index in [1.165, 1.54) is 45.2 Å². The van der Waals surface area contributed by atoms with Gasteiger partial charge in [0.1, 0.15) is 34.6 Å². The van der Waals surface area contributed by atoms with Gasteiger partial charge >= 0.3 is 11.9 Å². The van der Waals surface area contributed by atoms with Gasteiger partial charge in [-0.15, -0.1) is 11.3 Å². The standard InChI is InChI=1S/C82H117FN10O16S/c1-13-15-16-22-38-92(80(102)74(55(7)14-2)90-77(100)67-28-21-23-37-91(67)12)68(53(3)4)49-69(109-57(9)94)79-88-65(52-110-79)76(99)86-62(50-82(10,11)81(103)104)47-58-29-32-64(63(83)48-58)87-75(98)56(8)85-78(101)73(54(5)6)89-71(96)35-39-105-41-43-107-45-46-108-44-42-106-40-36-84-70(95)33-34-72(97)93-51-61-26-18-17-24-59(61)30-31-60-25-19-20-27-66(60)93/h17-20,24-27,29,32,48,52-56,62,67-69,73-74H,13-16,21-23,28,33-47,49-51H2,1-12H3,(H,84,95)(H,85,101)(H,86,99)(H,87,98)(H,89,96)(H,90,100)(H,103,104)/t55-,56-,62-,67+,68+,69+,73-,74-/m0/s1. The van der Waals surface area contributed by atoms with Crippen LogP contribution in [0.5, 0.6) is 0 Å². The number of carboxylic acid groups (broad SMARTS) is 1. The molecule has 1 saturated heterocycles. The van der Waals surface area contributed by atoms with Crippen LogP contribution in [0, 0.1) is 40.8 Å². The molecule has 4 aromatic rings. The minimum Gasteiger partial charge on any atom is -0.481 e. The zero-order valence-corrected chi connectivity index (χ0v) is 67.0. The Balaban J connectivity index is 0.915. The molecule has 0 aliphatic carbocycles. The molecule has 2 aliphatic rings. The van der Waals surface area contributed by atoms with Crippen LogP contribution >= 0.6 is 11.3 Å². The number of fused-ring (bicyclic) bond motifs is 2. The number of carbonyl (C=O) groups excluding carboxylic acids is 9. The molecule has 1 aromatic heterocycles. The molecule has 110 heavy (non-hydrogen) atoms. The molecule has 604 valence electrons. The number of anilines is 2. The number of thiazole rings is 1. The Hall–Kier alpha value is -8.72. The van der Waals surface area contributed by atoms with Crippen LogP contribution in [0.4, 0.5) is 15.8 Å². The summed E-state index contributed by atoms with van der Waals surface area (Å²) in [5.41, 5.74) is 1.96. The summed E-state index contributed by atoms with van der Waals surface area (Å²) in [6, 6.07) is 14.4. The van der Waals surface area contributed by atoms with E-state index >= 15 is 9.18 Å². The maximum Gasteiger partial charge on any atom is 0.309 e. The lowest BCUT2D eigenvalue weighted by Gasteiger charge is -2.40. The molecular weight excluding hydrogens is 1430 g/mol. The quantitative estimate of drug-likeness (QED) is 0.0123. The summed E-state index contributed by atoms with van der Waals surface area (Å²) >= 11 is 1.09. The highest BCUT2D eigenvalue weighted by Crippen LogP contribution is 2.34. The number of carbonyl (C=O) groups is 10. The van der Waals surface area contributed by atoms with Crippen molar-refractivity contribution >= 4 is 81.9 Å². The Labute approximate surface area is 651 Å². The van der Waals surface area contributed by atoms with Gasteiger partial charge in [-0.05, 0) is 126 Å². The van der Waals surface area contributed by atoms with Crippen LogP contribution in [-0.2, 0) is 79.8 Å². The molecule has 0 saturated carbocycles. The van der Waals surface area contributed by atoms with Gasteiger partial charge in [0.2, 0.25) is 41.4 Å². The van der Waals surface area contributed by atoms with Gasteiger partial charge in [-0.1, -0.05) is 129 Å². The molecule has 8 atom stereocenters. The van der Waals surface area contributed by atoms with Crippen molar-refractivity contribution in [2.45, 2.75) is 215 Å². The molecule has 3 heterocycles. The van der Waals surface area contributed by atoms with E-state index in [9.17, 15) is 48.3 Å². The number of amides is 8. The Bertz CT molecular complexity index is 3770. The second-order valence-electron chi connectivity index (χ2n) is 29.7. The van der Waals surface area contributed by atoms with Crippen LogP contribution in [0.15, 0.2) is 72.1 Å². The van der Waals surface area contributed by atoms with Crippen LogP contribution in [-0.4, -0.2) is 195 Å². The summed E-state index contributed by atoms with van der Waals surface area (Å²) in [7, 11) is 1.93. The summed E-state index contributed by atoms with van der Waals surface area (Å²) in [5, 5.41) is 28.7. The topological polar surface area (TPSA) is 332 Å². The molecule has 1 fully saturated rings. The highest BCUT2D eigenvalue weighted by Gasteiger charge is 2.40.